The second-order valence-corrected chi connectivity index (χ2v) is 9.69. The number of esters is 1. The first-order valence-electron chi connectivity index (χ1n) is 12.9. The lowest BCUT2D eigenvalue weighted by molar-refractivity contribution is -0.149. The average Bonchev–Trinajstić information content (AvgIpc) is 2.82. The van der Waals surface area contributed by atoms with E-state index in [4.69, 9.17) is 29.4 Å². The lowest BCUT2D eigenvalue weighted by Crippen LogP contribution is -2.38. The molecule has 0 bridgehead atoms. The van der Waals surface area contributed by atoms with Crippen LogP contribution in [0.25, 0.3) is 0 Å². The zero-order chi connectivity index (χ0) is 29.0. The Kier molecular flexibility index (Phi) is 13.6. The number of nitrogens with two attached hydrogens (primary N) is 1. The molecule has 11 nitrogen and oxygen atoms in total. The van der Waals surface area contributed by atoms with Crippen LogP contribution in [0.4, 0.5) is 9.59 Å². The summed E-state index contributed by atoms with van der Waals surface area (Å²) in [7, 11) is 0. The highest BCUT2D eigenvalue weighted by Crippen LogP contribution is 2.35. The molecule has 1 aromatic carbocycles. The van der Waals surface area contributed by atoms with E-state index in [0.717, 1.165) is 0 Å². The Labute approximate surface area is 223 Å². The minimum atomic E-state index is -1.37. The third kappa shape index (κ3) is 11.4. The van der Waals surface area contributed by atoms with E-state index in [1.807, 2.05) is 27.7 Å². The summed E-state index contributed by atoms with van der Waals surface area (Å²) in [4.78, 5) is 48.5. The molecule has 0 aliphatic heterocycles. The fourth-order valence-corrected chi connectivity index (χ4v) is 3.32. The van der Waals surface area contributed by atoms with Crippen LogP contribution in [0, 0.1) is 5.92 Å². The highest BCUT2D eigenvalue weighted by molar-refractivity contribution is 5.75. The van der Waals surface area contributed by atoms with Crippen LogP contribution in [0.15, 0.2) is 18.2 Å². The first kappa shape index (κ1) is 32.7. The molecule has 0 aromatic heterocycles. The molecule has 11 heteroatoms. The number of aliphatic carboxylic acids is 1. The fourth-order valence-electron chi connectivity index (χ4n) is 3.32. The minimum Gasteiger partial charge on any atom is -0.480 e. The third-order valence-electron chi connectivity index (χ3n) is 5.74. The van der Waals surface area contributed by atoms with Crippen molar-refractivity contribution in [3.8, 4) is 11.5 Å². The lowest BCUT2D eigenvalue weighted by Gasteiger charge is -2.25. The summed E-state index contributed by atoms with van der Waals surface area (Å²) in [5, 5.41) is 9.63. The zero-order valence-electron chi connectivity index (χ0n) is 23.2. The Morgan fingerprint density at radius 1 is 0.816 bits per heavy atom. The van der Waals surface area contributed by atoms with Gasteiger partial charge < -0.3 is 34.5 Å². The topological polar surface area (TPSA) is 161 Å². The largest absolute Gasteiger partial charge is 0.514 e. The van der Waals surface area contributed by atoms with Crippen molar-refractivity contribution in [1.29, 1.82) is 0 Å². The van der Waals surface area contributed by atoms with Crippen molar-refractivity contribution in [2.45, 2.75) is 104 Å². The molecule has 5 atom stereocenters. The normalized spacial score (nSPS) is 15.0. The predicted octanol–water partition coefficient (Wildman–Crippen LogP) is 5.18. The quantitative estimate of drug-likeness (QED) is 0.182. The van der Waals surface area contributed by atoms with Crippen molar-refractivity contribution < 1.29 is 48.0 Å². The van der Waals surface area contributed by atoms with Gasteiger partial charge in [-0.15, -0.1) is 0 Å². The van der Waals surface area contributed by atoms with E-state index in [2.05, 4.69) is 0 Å². The number of ether oxygens (including phenoxy) is 5. The third-order valence-corrected chi connectivity index (χ3v) is 5.74. The van der Waals surface area contributed by atoms with Crippen LogP contribution in [0.1, 0.15) is 85.6 Å². The second-order valence-electron chi connectivity index (χ2n) is 9.69. The monoisotopic (exact) mass is 539 g/mol. The molecule has 0 spiro atoms. The molecule has 1 rings (SSSR count). The molecular formula is C27H41NO10. The van der Waals surface area contributed by atoms with Crippen LogP contribution in [-0.4, -0.2) is 53.7 Å². The maximum absolute atomic E-state index is 12.4. The van der Waals surface area contributed by atoms with Gasteiger partial charge in [0.25, 0.3) is 0 Å². The van der Waals surface area contributed by atoms with Crippen molar-refractivity contribution in [3.63, 3.8) is 0 Å². The molecule has 0 aliphatic carbocycles. The van der Waals surface area contributed by atoms with E-state index >= 15 is 0 Å². The van der Waals surface area contributed by atoms with Crippen molar-refractivity contribution in [2.75, 3.05) is 0 Å². The first-order valence-corrected chi connectivity index (χ1v) is 12.9. The summed E-state index contributed by atoms with van der Waals surface area (Å²) in [6, 6.07) is 2.81. The lowest BCUT2D eigenvalue weighted by atomic mass is 9.87. The standard InChI is InChI=1S/C27H41NO10/c1-8-16(5)35-26(32)37-21-11-10-19(14-22(21)38-27(33)36-17(6)9-2)20(24(28)25(30)31)13-18(7)34-23(29)12-15(3)4/h10-11,14-18,20,24H,8-9,12-13,28H2,1-7H3,(H,30,31)/t16?,17?,18?,20?,24-/m0/s1. The van der Waals surface area contributed by atoms with Crippen molar-refractivity contribution in [2.24, 2.45) is 11.7 Å². The van der Waals surface area contributed by atoms with Crippen molar-refractivity contribution in [3.05, 3.63) is 23.8 Å². The van der Waals surface area contributed by atoms with E-state index in [9.17, 15) is 24.3 Å². The van der Waals surface area contributed by atoms with Gasteiger partial charge in [0.05, 0.1) is 6.10 Å². The van der Waals surface area contributed by atoms with E-state index in [1.54, 1.807) is 20.8 Å². The number of carbonyl (C=O) groups is 4. The van der Waals surface area contributed by atoms with E-state index in [1.165, 1.54) is 18.2 Å². The molecule has 0 aliphatic rings. The van der Waals surface area contributed by atoms with E-state index in [0.29, 0.717) is 18.4 Å². The van der Waals surface area contributed by atoms with Gasteiger partial charge in [0.1, 0.15) is 18.2 Å². The Balaban J connectivity index is 3.34. The van der Waals surface area contributed by atoms with Crippen LogP contribution < -0.4 is 15.2 Å². The molecule has 3 N–H and O–H groups in total. The molecule has 214 valence electrons. The van der Waals surface area contributed by atoms with Gasteiger partial charge in [-0.2, -0.15) is 0 Å². The minimum absolute atomic E-state index is 0.0737. The second kappa shape index (κ2) is 15.8. The number of carboxylic acids is 1. The number of benzene rings is 1. The summed E-state index contributed by atoms with van der Waals surface area (Å²) in [6.45, 7) is 12.4. The molecule has 0 heterocycles. The van der Waals surface area contributed by atoms with Gasteiger partial charge in [-0.05, 0) is 63.6 Å². The van der Waals surface area contributed by atoms with Gasteiger partial charge in [-0.3, -0.25) is 9.59 Å². The van der Waals surface area contributed by atoms with Crippen LogP contribution in [0.5, 0.6) is 11.5 Å². The maximum atomic E-state index is 12.4. The van der Waals surface area contributed by atoms with Crippen molar-refractivity contribution in [1.82, 2.24) is 0 Å². The molecular weight excluding hydrogens is 498 g/mol. The summed E-state index contributed by atoms with van der Waals surface area (Å²) >= 11 is 0. The molecule has 0 fully saturated rings. The zero-order valence-corrected chi connectivity index (χ0v) is 23.2. The van der Waals surface area contributed by atoms with Gasteiger partial charge in [0, 0.05) is 12.3 Å². The van der Waals surface area contributed by atoms with Gasteiger partial charge in [-0.25, -0.2) is 9.59 Å². The fraction of sp³-hybridized carbons (Fsp3) is 0.630. The van der Waals surface area contributed by atoms with Gasteiger partial charge in [0.15, 0.2) is 11.5 Å². The Morgan fingerprint density at radius 2 is 1.34 bits per heavy atom. The van der Waals surface area contributed by atoms with E-state index < -0.39 is 54.5 Å². The Morgan fingerprint density at radius 3 is 1.82 bits per heavy atom. The molecule has 0 saturated carbocycles. The smallest absolute Gasteiger partial charge is 0.480 e. The summed E-state index contributed by atoms with van der Waals surface area (Å²) in [6.07, 6.45) is -2.13. The molecule has 0 amide bonds. The van der Waals surface area contributed by atoms with Crippen LogP contribution >= 0.6 is 0 Å². The number of carboxylic acid groups (broad SMARTS) is 1. The van der Waals surface area contributed by atoms with Gasteiger partial charge in [0.2, 0.25) is 0 Å². The number of hydrogen-bond donors (Lipinski definition) is 2. The summed E-state index contributed by atoms with van der Waals surface area (Å²) in [5.74, 6) is -2.75. The number of rotatable bonds is 14. The SMILES string of the molecule is CCC(C)OC(=O)Oc1ccc(C(CC(C)OC(=O)CC(C)C)[C@H](N)C(=O)O)cc1OC(=O)OC(C)CC. The summed E-state index contributed by atoms with van der Waals surface area (Å²) < 4.78 is 26.3. The van der Waals surface area contributed by atoms with Gasteiger partial charge >= 0.3 is 24.2 Å². The van der Waals surface area contributed by atoms with Crippen LogP contribution in [-0.2, 0) is 23.8 Å². The first-order chi connectivity index (χ1) is 17.8. The number of carbonyl (C=O) groups excluding carboxylic acids is 3. The average molecular weight is 540 g/mol. The van der Waals surface area contributed by atoms with Crippen LogP contribution in [0.2, 0.25) is 0 Å². The highest BCUT2D eigenvalue weighted by Gasteiger charge is 2.30. The predicted molar refractivity (Wildman–Crippen MR) is 138 cm³/mol. The highest BCUT2D eigenvalue weighted by atomic mass is 16.7. The molecule has 4 unspecified atom stereocenters. The van der Waals surface area contributed by atoms with Crippen LogP contribution in [0.3, 0.4) is 0 Å². The van der Waals surface area contributed by atoms with Gasteiger partial charge in [-0.1, -0.05) is 33.8 Å². The molecule has 1 aromatic rings. The maximum Gasteiger partial charge on any atom is 0.514 e. The Bertz CT molecular complexity index is 948. The Hall–Kier alpha value is -3.34. The molecule has 0 saturated heterocycles. The van der Waals surface area contributed by atoms with Crippen molar-refractivity contribution >= 4 is 24.2 Å². The molecule has 38 heavy (non-hydrogen) atoms. The molecule has 0 radical (unpaired) electrons. The van der Waals surface area contributed by atoms with E-state index in [-0.39, 0.29) is 30.3 Å². The number of hydrogen-bond acceptors (Lipinski definition) is 10. The summed E-state index contributed by atoms with van der Waals surface area (Å²) in [5.41, 5.74) is 6.36.